The standard InChI is InChI=1S/C24H14BrFIN3O6/c25-19-10-14(11-20(27)21(19)36-12-13-1-5-17(6-2-13)30(34)35)9-18-22(31)28-24(33)29(23(18)32)16-7-3-15(26)4-8-16/h1-11H,12H2,(H,28,31,33)/b18-9+. The first-order valence-corrected chi connectivity index (χ1v) is 12.0. The molecule has 1 saturated heterocycles. The van der Waals surface area contributed by atoms with Gasteiger partial charge in [0.15, 0.2) is 0 Å². The number of barbiturate groups is 1. The predicted molar refractivity (Wildman–Crippen MR) is 140 cm³/mol. The number of nitro groups is 1. The molecule has 3 aromatic carbocycles. The zero-order chi connectivity index (χ0) is 26.0. The molecule has 4 rings (SSSR count). The van der Waals surface area contributed by atoms with E-state index in [0.717, 1.165) is 22.6 Å². The molecular weight excluding hydrogens is 652 g/mol. The number of nitrogens with one attached hydrogen (secondary N) is 1. The third kappa shape index (κ3) is 5.44. The van der Waals surface area contributed by atoms with Gasteiger partial charge in [-0.2, -0.15) is 0 Å². The lowest BCUT2D eigenvalue weighted by molar-refractivity contribution is -0.384. The van der Waals surface area contributed by atoms with Crippen LogP contribution in [-0.4, -0.2) is 22.8 Å². The summed E-state index contributed by atoms with van der Waals surface area (Å²) in [6.45, 7) is 0.155. The second-order valence-electron chi connectivity index (χ2n) is 7.46. The molecule has 0 unspecified atom stereocenters. The number of non-ortho nitro benzene ring substituents is 1. The maximum absolute atomic E-state index is 13.3. The Morgan fingerprint density at radius 2 is 1.75 bits per heavy atom. The Morgan fingerprint density at radius 1 is 1.08 bits per heavy atom. The molecule has 1 heterocycles. The van der Waals surface area contributed by atoms with Crippen molar-refractivity contribution in [2.24, 2.45) is 0 Å². The molecule has 0 radical (unpaired) electrons. The molecular formula is C24H14BrFIN3O6. The molecule has 0 saturated carbocycles. The number of benzene rings is 3. The Balaban J connectivity index is 1.57. The Labute approximate surface area is 225 Å². The Kier molecular flexibility index (Phi) is 7.45. The van der Waals surface area contributed by atoms with Gasteiger partial charge >= 0.3 is 6.03 Å². The molecule has 0 spiro atoms. The predicted octanol–water partition coefficient (Wildman–Crippen LogP) is 5.35. The molecule has 36 heavy (non-hydrogen) atoms. The van der Waals surface area contributed by atoms with E-state index in [-0.39, 0.29) is 23.6 Å². The monoisotopic (exact) mass is 665 g/mol. The van der Waals surface area contributed by atoms with Gasteiger partial charge in [-0.15, -0.1) is 0 Å². The van der Waals surface area contributed by atoms with Gasteiger partial charge in [-0.25, -0.2) is 14.1 Å². The van der Waals surface area contributed by atoms with E-state index in [9.17, 15) is 28.9 Å². The third-order valence-corrected chi connectivity index (χ3v) is 6.44. The van der Waals surface area contributed by atoms with Crippen LogP contribution in [0.2, 0.25) is 0 Å². The molecule has 0 bridgehead atoms. The number of hydrogen-bond acceptors (Lipinski definition) is 6. The van der Waals surface area contributed by atoms with Crippen molar-refractivity contribution in [1.29, 1.82) is 0 Å². The highest BCUT2D eigenvalue weighted by atomic mass is 127. The van der Waals surface area contributed by atoms with Crippen molar-refractivity contribution < 1.29 is 28.4 Å². The van der Waals surface area contributed by atoms with Crippen LogP contribution in [0.3, 0.4) is 0 Å². The summed E-state index contributed by atoms with van der Waals surface area (Å²) in [5.74, 6) is -1.74. The zero-order valence-electron chi connectivity index (χ0n) is 18.0. The van der Waals surface area contributed by atoms with Crippen LogP contribution in [0.1, 0.15) is 11.1 Å². The molecule has 4 amide bonds. The first-order chi connectivity index (χ1) is 17.1. The highest BCUT2D eigenvalue weighted by Crippen LogP contribution is 2.34. The van der Waals surface area contributed by atoms with Crippen LogP contribution in [0.25, 0.3) is 6.08 Å². The highest BCUT2D eigenvalue weighted by Gasteiger charge is 2.36. The lowest BCUT2D eigenvalue weighted by Crippen LogP contribution is -2.54. The number of halogens is 3. The highest BCUT2D eigenvalue weighted by molar-refractivity contribution is 14.1. The molecule has 0 aliphatic carbocycles. The minimum atomic E-state index is -0.931. The van der Waals surface area contributed by atoms with Gasteiger partial charge < -0.3 is 4.74 Å². The van der Waals surface area contributed by atoms with Crippen LogP contribution in [-0.2, 0) is 16.2 Å². The summed E-state index contributed by atoms with van der Waals surface area (Å²) in [6, 6.07) is 13.1. The molecule has 0 atom stereocenters. The first kappa shape index (κ1) is 25.4. The smallest absolute Gasteiger partial charge is 0.335 e. The summed E-state index contributed by atoms with van der Waals surface area (Å²) >= 11 is 5.46. The summed E-state index contributed by atoms with van der Waals surface area (Å²) in [7, 11) is 0. The van der Waals surface area contributed by atoms with E-state index in [4.69, 9.17) is 4.74 Å². The SMILES string of the molecule is O=C1NC(=O)N(c2ccc(F)cc2)C(=O)/C1=C/c1cc(Br)c(OCc2ccc([N+](=O)[O-])cc2)c(I)c1. The molecule has 3 aromatic rings. The van der Waals surface area contributed by atoms with E-state index in [1.54, 1.807) is 24.3 Å². The van der Waals surface area contributed by atoms with E-state index in [1.165, 1.54) is 30.3 Å². The number of rotatable bonds is 6. The lowest BCUT2D eigenvalue weighted by Gasteiger charge is -2.26. The summed E-state index contributed by atoms with van der Waals surface area (Å²) in [6.07, 6.45) is 1.34. The summed E-state index contributed by atoms with van der Waals surface area (Å²) in [4.78, 5) is 48.8. The van der Waals surface area contributed by atoms with Crippen molar-refractivity contribution in [3.05, 3.63) is 101 Å². The Morgan fingerprint density at radius 3 is 2.36 bits per heavy atom. The molecule has 9 nitrogen and oxygen atoms in total. The van der Waals surface area contributed by atoms with Gasteiger partial charge in [-0.1, -0.05) is 0 Å². The number of imide groups is 2. The van der Waals surface area contributed by atoms with Gasteiger partial charge in [0.05, 0.1) is 18.7 Å². The van der Waals surface area contributed by atoms with E-state index in [2.05, 4.69) is 21.2 Å². The fourth-order valence-corrected chi connectivity index (χ4v) is 5.09. The van der Waals surface area contributed by atoms with E-state index in [1.807, 2.05) is 22.6 Å². The minimum Gasteiger partial charge on any atom is -0.487 e. The zero-order valence-corrected chi connectivity index (χ0v) is 21.8. The number of hydrogen-bond donors (Lipinski definition) is 1. The van der Waals surface area contributed by atoms with E-state index in [0.29, 0.717) is 19.4 Å². The maximum Gasteiger partial charge on any atom is 0.335 e. The van der Waals surface area contributed by atoms with Crippen LogP contribution < -0.4 is 15.0 Å². The van der Waals surface area contributed by atoms with Gasteiger partial charge in [0.2, 0.25) is 0 Å². The van der Waals surface area contributed by atoms with Crippen molar-refractivity contribution in [2.45, 2.75) is 6.61 Å². The molecule has 12 heteroatoms. The van der Waals surface area contributed by atoms with Gasteiger partial charge in [-0.3, -0.25) is 25.0 Å². The minimum absolute atomic E-state index is 0.0205. The second kappa shape index (κ2) is 10.5. The number of ether oxygens (including phenoxy) is 1. The average molecular weight is 666 g/mol. The fourth-order valence-electron chi connectivity index (χ4n) is 3.32. The van der Waals surface area contributed by atoms with E-state index < -0.39 is 28.6 Å². The lowest BCUT2D eigenvalue weighted by atomic mass is 10.1. The largest absolute Gasteiger partial charge is 0.487 e. The fraction of sp³-hybridized carbons (Fsp3) is 0.0417. The van der Waals surface area contributed by atoms with E-state index >= 15 is 0 Å². The van der Waals surface area contributed by atoms with Gasteiger partial charge in [0, 0.05) is 12.1 Å². The van der Waals surface area contributed by atoms with Crippen LogP contribution >= 0.6 is 38.5 Å². The van der Waals surface area contributed by atoms with Crippen molar-refractivity contribution in [3.63, 3.8) is 0 Å². The number of nitrogens with zero attached hydrogens (tertiary/aromatic N) is 2. The van der Waals surface area contributed by atoms with Crippen molar-refractivity contribution in [1.82, 2.24) is 5.32 Å². The summed E-state index contributed by atoms with van der Waals surface area (Å²) in [5, 5.41) is 12.9. The number of nitro benzene ring substituents is 1. The average Bonchev–Trinajstić information content (AvgIpc) is 2.82. The summed E-state index contributed by atoms with van der Waals surface area (Å²) in [5.41, 5.74) is 1.03. The molecule has 182 valence electrons. The molecule has 1 N–H and O–H groups in total. The van der Waals surface area contributed by atoms with Crippen LogP contribution in [0.4, 0.5) is 20.6 Å². The topological polar surface area (TPSA) is 119 Å². The first-order valence-electron chi connectivity index (χ1n) is 10.2. The van der Waals surface area contributed by atoms with Crippen LogP contribution in [0.15, 0.2) is 70.7 Å². The number of anilines is 1. The molecule has 1 aliphatic heterocycles. The summed E-state index contributed by atoms with van der Waals surface area (Å²) < 4.78 is 20.3. The normalized spacial score (nSPS) is 14.7. The van der Waals surface area contributed by atoms with Crippen molar-refractivity contribution >= 4 is 73.8 Å². The maximum atomic E-state index is 13.3. The number of urea groups is 1. The number of carbonyl (C=O) groups excluding carboxylic acids is 3. The van der Waals surface area contributed by atoms with Gasteiger partial charge in [0.1, 0.15) is 23.7 Å². The third-order valence-electron chi connectivity index (χ3n) is 5.05. The molecule has 0 aromatic heterocycles. The van der Waals surface area contributed by atoms with Crippen molar-refractivity contribution in [2.75, 3.05) is 4.90 Å². The quantitative estimate of drug-likeness (QED) is 0.125. The number of amides is 4. The molecule has 1 aliphatic rings. The van der Waals surface area contributed by atoms with Gasteiger partial charge in [-0.05, 0) is 104 Å². The van der Waals surface area contributed by atoms with Crippen LogP contribution in [0.5, 0.6) is 5.75 Å². The van der Waals surface area contributed by atoms with Gasteiger partial charge in [0.25, 0.3) is 17.5 Å². The van der Waals surface area contributed by atoms with Crippen molar-refractivity contribution in [3.8, 4) is 5.75 Å². The molecule has 1 fully saturated rings. The second-order valence-corrected chi connectivity index (χ2v) is 9.48. The van der Waals surface area contributed by atoms with Crippen LogP contribution in [0, 0.1) is 19.5 Å². The Bertz CT molecular complexity index is 1400. The Hall–Kier alpha value is -3.65. The number of carbonyl (C=O) groups is 3.